The molecule has 1 heterocycles. The van der Waals surface area contributed by atoms with Gasteiger partial charge in [0.15, 0.2) is 0 Å². The van der Waals surface area contributed by atoms with Gasteiger partial charge in [-0.1, -0.05) is 11.6 Å². The summed E-state index contributed by atoms with van der Waals surface area (Å²) in [6.07, 6.45) is 1.50. The number of hydrogen-bond acceptors (Lipinski definition) is 6. The van der Waals surface area contributed by atoms with Crippen LogP contribution in [0.1, 0.15) is 11.1 Å². The molecule has 9 heteroatoms. The van der Waals surface area contributed by atoms with Gasteiger partial charge in [0.25, 0.3) is 0 Å². The fourth-order valence-electron chi connectivity index (χ4n) is 2.10. The van der Waals surface area contributed by atoms with E-state index < -0.39 is 11.6 Å². The van der Waals surface area contributed by atoms with E-state index in [1.54, 1.807) is 23.6 Å². The molecule has 0 unspecified atom stereocenters. The number of nitrogens with zero attached hydrogens (tertiary/aromatic N) is 2. The number of halogens is 3. The molecule has 0 bridgehead atoms. The summed E-state index contributed by atoms with van der Waals surface area (Å²) < 4.78 is 32.2. The molecule has 0 saturated carbocycles. The number of aromatic nitrogens is 1. The minimum Gasteiger partial charge on any atom is -0.488 e. The normalized spacial score (nSPS) is 11.0. The van der Waals surface area contributed by atoms with Crippen LogP contribution in [0, 0.1) is 11.6 Å². The van der Waals surface area contributed by atoms with Crippen LogP contribution in [0.25, 0.3) is 0 Å². The van der Waals surface area contributed by atoms with Crippen molar-refractivity contribution < 1.29 is 13.5 Å². The molecule has 3 rings (SSSR count). The van der Waals surface area contributed by atoms with Crippen LogP contribution in [0.2, 0.25) is 5.02 Å². The minimum absolute atomic E-state index is 0.00635. The number of rotatable bonds is 6. The summed E-state index contributed by atoms with van der Waals surface area (Å²) in [5.41, 5.74) is 9.25. The van der Waals surface area contributed by atoms with Crippen molar-refractivity contribution in [3.05, 3.63) is 69.6 Å². The molecule has 3 N–H and O–H groups in total. The van der Waals surface area contributed by atoms with E-state index in [4.69, 9.17) is 22.1 Å². The Bertz CT molecular complexity index is 928. The van der Waals surface area contributed by atoms with Crippen LogP contribution in [0.5, 0.6) is 5.75 Å². The molecule has 0 fully saturated rings. The molecule has 1 aromatic heterocycles. The summed E-state index contributed by atoms with van der Waals surface area (Å²) in [5, 5.41) is 6.79. The number of anilines is 2. The molecule has 0 spiro atoms. The Morgan fingerprint density at radius 2 is 2.00 bits per heavy atom. The third kappa shape index (κ3) is 4.90. The van der Waals surface area contributed by atoms with Gasteiger partial charge in [0.1, 0.15) is 29.8 Å². The van der Waals surface area contributed by atoms with Gasteiger partial charge in [-0.2, -0.15) is 5.10 Å². The molecule has 3 aromatic rings. The van der Waals surface area contributed by atoms with Gasteiger partial charge in [-0.15, -0.1) is 11.3 Å². The molecular weight excluding hydrogens is 382 g/mol. The van der Waals surface area contributed by atoms with Gasteiger partial charge in [0.05, 0.1) is 6.21 Å². The van der Waals surface area contributed by atoms with Crippen LogP contribution < -0.4 is 15.9 Å². The highest BCUT2D eigenvalue weighted by Crippen LogP contribution is 2.23. The highest BCUT2D eigenvalue weighted by atomic mass is 35.5. The summed E-state index contributed by atoms with van der Waals surface area (Å²) in [7, 11) is 0. The Kier molecular flexibility index (Phi) is 5.65. The number of ether oxygens (including phenoxy) is 1. The summed E-state index contributed by atoms with van der Waals surface area (Å²) in [4.78, 5) is 4.02. The summed E-state index contributed by atoms with van der Waals surface area (Å²) >= 11 is 7.32. The fourth-order valence-corrected chi connectivity index (χ4v) is 2.83. The second kappa shape index (κ2) is 8.11. The Hall–Kier alpha value is -2.71. The molecule has 134 valence electrons. The predicted molar refractivity (Wildman–Crippen MR) is 99.9 cm³/mol. The predicted octanol–water partition coefficient (Wildman–Crippen LogP) is 4.68. The fraction of sp³-hybridized carbons (Fsp3) is 0.0588. The molecule has 0 saturated heterocycles. The van der Waals surface area contributed by atoms with E-state index in [0.717, 1.165) is 6.07 Å². The quantitative estimate of drug-likeness (QED) is 0.470. The van der Waals surface area contributed by atoms with Crippen molar-refractivity contribution in [1.29, 1.82) is 0 Å². The van der Waals surface area contributed by atoms with Crippen LogP contribution in [-0.2, 0) is 6.61 Å². The van der Waals surface area contributed by atoms with E-state index in [-0.39, 0.29) is 6.61 Å². The van der Waals surface area contributed by atoms with Crippen LogP contribution >= 0.6 is 22.9 Å². The number of benzene rings is 2. The van der Waals surface area contributed by atoms with Crippen LogP contribution in [-0.4, -0.2) is 11.2 Å². The molecule has 26 heavy (non-hydrogen) atoms. The summed E-state index contributed by atoms with van der Waals surface area (Å²) in [5.74, 6) is -0.452. The first-order valence-electron chi connectivity index (χ1n) is 7.37. The van der Waals surface area contributed by atoms with Gasteiger partial charge in [-0.05, 0) is 35.9 Å². The molecule has 0 radical (unpaired) electrons. The van der Waals surface area contributed by atoms with Crippen LogP contribution in [0.4, 0.5) is 19.7 Å². The zero-order valence-electron chi connectivity index (χ0n) is 13.2. The number of nitrogens with two attached hydrogens (primary N) is 1. The van der Waals surface area contributed by atoms with Gasteiger partial charge >= 0.3 is 0 Å². The maximum absolute atomic E-state index is 13.3. The van der Waals surface area contributed by atoms with Crippen molar-refractivity contribution in [3.8, 4) is 5.75 Å². The molecule has 5 nitrogen and oxygen atoms in total. The van der Waals surface area contributed by atoms with E-state index in [1.165, 1.54) is 29.7 Å². The molecule has 0 aliphatic heterocycles. The lowest BCUT2D eigenvalue weighted by Gasteiger charge is -2.10. The lowest BCUT2D eigenvalue weighted by Crippen LogP contribution is -2.00. The van der Waals surface area contributed by atoms with Crippen LogP contribution in [0.3, 0.4) is 0 Å². The monoisotopic (exact) mass is 394 g/mol. The first kappa shape index (κ1) is 18.1. The lowest BCUT2D eigenvalue weighted by molar-refractivity contribution is 0.304. The minimum atomic E-state index is -0.659. The van der Waals surface area contributed by atoms with Crippen molar-refractivity contribution in [2.45, 2.75) is 6.61 Å². The van der Waals surface area contributed by atoms with Gasteiger partial charge in [0.2, 0.25) is 5.13 Å². The van der Waals surface area contributed by atoms with Crippen molar-refractivity contribution in [2.24, 2.45) is 5.10 Å². The van der Waals surface area contributed by atoms with Crippen molar-refractivity contribution in [3.63, 3.8) is 0 Å². The zero-order chi connectivity index (χ0) is 18.5. The maximum atomic E-state index is 13.3. The number of nitrogens with one attached hydrogen (secondary N) is 1. The smallest absolute Gasteiger partial charge is 0.205 e. The van der Waals surface area contributed by atoms with Crippen molar-refractivity contribution in [1.82, 2.24) is 4.98 Å². The van der Waals surface area contributed by atoms with E-state index in [1.807, 2.05) is 0 Å². The van der Waals surface area contributed by atoms with Gasteiger partial charge in [-0.25, -0.2) is 13.8 Å². The average Bonchev–Trinajstić information content (AvgIpc) is 2.98. The van der Waals surface area contributed by atoms with Crippen molar-refractivity contribution >= 4 is 40.1 Å². The number of nitrogen functional groups attached to an aromatic ring is 1. The second-order valence-corrected chi connectivity index (χ2v) is 6.49. The molecular formula is C17H13ClF2N4OS. The van der Waals surface area contributed by atoms with Crippen molar-refractivity contribution in [2.75, 3.05) is 11.2 Å². The topological polar surface area (TPSA) is 72.5 Å². The first-order chi connectivity index (χ1) is 12.5. The number of thiazole rings is 1. The standard InChI is InChI=1S/C17H13ClF2N4OS/c18-12-1-2-15(25-8-10-3-13(19)6-14(20)4-10)11(5-12)7-22-24-17-23-16(21)9-26-17/h1-7,9H,8,21H2,(H,23,24). The van der Waals surface area contributed by atoms with E-state index in [0.29, 0.717) is 32.8 Å². The number of hydrogen-bond donors (Lipinski definition) is 2. The van der Waals surface area contributed by atoms with E-state index in [9.17, 15) is 8.78 Å². The average molecular weight is 395 g/mol. The summed E-state index contributed by atoms with van der Waals surface area (Å²) in [6, 6.07) is 8.18. The van der Waals surface area contributed by atoms with Gasteiger partial charge < -0.3 is 10.5 Å². The van der Waals surface area contributed by atoms with E-state index in [2.05, 4.69) is 15.5 Å². The Labute approximate surface area is 157 Å². The molecule has 0 aliphatic carbocycles. The van der Waals surface area contributed by atoms with E-state index >= 15 is 0 Å². The molecule has 0 atom stereocenters. The third-order valence-electron chi connectivity index (χ3n) is 3.17. The zero-order valence-corrected chi connectivity index (χ0v) is 14.8. The van der Waals surface area contributed by atoms with Gasteiger partial charge in [-0.3, -0.25) is 5.43 Å². The summed E-state index contributed by atoms with van der Waals surface area (Å²) in [6.45, 7) is -0.00635. The first-order valence-corrected chi connectivity index (χ1v) is 8.63. The largest absolute Gasteiger partial charge is 0.488 e. The molecule has 0 amide bonds. The van der Waals surface area contributed by atoms with Gasteiger partial charge in [0, 0.05) is 22.0 Å². The maximum Gasteiger partial charge on any atom is 0.205 e. The Morgan fingerprint density at radius 3 is 2.69 bits per heavy atom. The number of hydrazone groups is 1. The third-order valence-corrected chi connectivity index (χ3v) is 4.17. The highest BCUT2D eigenvalue weighted by molar-refractivity contribution is 7.14. The SMILES string of the molecule is Nc1csc(NN=Cc2cc(Cl)ccc2OCc2cc(F)cc(F)c2)n1. The Balaban J connectivity index is 1.72. The van der Waals surface area contributed by atoms with Crippen LogP contribution in [0.15, 0.2) is 46.9 Å². The molecule has 0 aliphatic rings. The highest BCUT2D eigenvalue weighted by Gasteiger charge is 2.06. The lowest BCUT2D eigenvalue weighted by atomic mass is 10.2. The second-order valence-electron chi connectivity index (χ2n) is 5.20. The Morgan fingerprint density at radius 1 is 1.23 bits per heavy atom. The molecule has 2 aromatic carbocycles.